The van der Waals surface area contributed by atoms with Crippen molar-refractivity contribution in [2.45, 2.75) is 183 Å². The number of fused-ring (bicyclic) bond motifs is 8. The Morgan fingerprint density at radius 3 is 1.16 bits per heavy atom. The molecule has 5 aromatic rings. The van der Waals surface area contributed by atoms with Crippen LogP contribution in [0.4, 0.5) is 0 Å². The minimum Gasteiger partial charge on any atom is -0.354 e. The topological polar surface area (TPSA) is 57.4 Å². The minimum absolute atomic E-state index is 0.439. The second-order valence-corrected chi connectivity index (χ2v) is 19.0. The Kier molecular flexibility index (Phi) is 13.3. The van der Waals surface area contributed by atoms with E-state index < -0.39 is 0 Å². The zero-order valence-corrected chi connectivity index (χ0v) is 40.6. The third kappa shape index (κ3) is 7.45. The lowest BCUT2D eigenvalue weighted by Crippen LogP contribution is -2.10. The summed E-state index contributed by atoms with van der Waals surface area (Å²) in [5.74, 6) is 0.902. The first kappa shape index (κ1) is 44.3. The monoisotopic (exact) mass is 851 g/mol. The second kappa shape index (κ2) is 19.3. The van der Waals surface area contributed by atoms with Gasteiger partial charge in [-0.05, 0) is 145 Å². The van der Waals surface area contributed by atoms with E-state index in [1.54, 1.807) is 0 Å². The van der Waals surface area contributed by atoms with E-state index in [1.807, 2.05) is 0 Å². The molecule has 2 fully saturated rings. The lowest BCUT2D eigenvalue weighted by atomic mass is 9.79. The highest BCUT2D eigenvalue weighted by Gasteiger charge is 2.35. The highest BCUT2D eigenvalue weighted by molar-refractivity contribution is 6.05. The van der Waals surface area contributed by atoms with Crippen molar-refractivity contribution in [1.29, 1.82) is 0 Å². The van der Waals surface area contributed by atoms with Crippen molar-refractivity contribution in [3.63, 3.8) is 0 Å². The maximum Gasteiger partial charge on any atom is 0.0771 e. The Morgan fingerprint density at radius 2 is 0.719 bits per heavy atom. The molecule has 2 aliphatic heterocycles. The van der Waals surface area contributed by atoms with Crippen molar-refractivity contribution < 1.29 is 0 Å². The van der Waals surface area contributed by atoms with Crippen LogP contribution in [0.3, 0.4) is 0 Å². The predicted molar refractivity (Wildman–Crippen MR) is 276 cm³/mol. The zero-order chi connectivity index (χ0) is 44.5. The fourth-order valence-electron chi connectivity index (χ4n) is 12.9. The van der Waals surface area contributed by atoms with Crippen molar-refractivity contribution in [2.24, 2.45) is 0 Å². The molecule has 4 heteroatoms. The Balaban J connectivity index is 1.65. The summed E-state index contributed by atoms with van der Waals surface area (Å²) < 4.78 is 0. The Morgan fingerprint density at radius 1 is 0.375 bits per heavy atom. The molecule has 0 amide bonds. The molecule has 5 heterocycles. The van der Waals surface area contributed by atoms with E-state index in [1.165, 1.54) is 181 Å². The molecule has 2 saturated carbocycles. The average molecular weight is 851 g/mol. The molecule has 3 aromatic heterocycles. The first-order valence-corrected chi connectivity index (χ1v) is 25.9. The largest absolute Gasteiger partial charge is 0.354 e. The summed E-state index contributed by atoms with van der Waals surface area (Å²) in [6, 6.07) is 22.5. The number of allylic oxidation sites excluding steroid dienone is 4. The van der Waals surface area contributed by atoms with E-state index in [2.05, 4.69) is 126 Å². The van der Waals surface area contributed by atoms with Crippen LogP contribution in [0, 0.1) is 0 Å². The highest BCUT2D eigenvalue weighted by Crippen LogP contribution is 2.51. The van der Waals surface area contributed by atoms with Crippen molar-refractivity contribution >= 4 is 44.4 Å². The van der Waals surface area contributed by atoms with Crippen LogP contribution in [0.2, 0.25) is 0 Å². The Labute approximate surface area is 384 Å². The fraction of sp³-hybridized carbons (Fsp3) is 0.467. The third-order valence-corrected chi connectivity index (χ3v) is 15.8. The number of hydrogen-bond donors (Lipinski definition) is 2. The van der Waals surface area contributed by atoms with Gasteiger partial charge in [0, 0.05) is 27.8 Å². The van der Waals surface area contributed by atoms with Crippen molar-refractivity contribution in [1.82, 2.24) is 19.9 Å². The molecule has 334 valence electrons. The van der Waals surface area contributed by atoms with Crippen molar-refractivity contribution in [3.05, 3.63) is 117 Å². The highest BCUT2D eigenvalue weighted by atomic mass is 14.8. The van der Waals surface area contributed by atoms with Gasteiger partial charge in [-0.1, -0.05) is 155 Å². The van der Waals surface area contributed by atoms with E-state index in [0.717, 1.165) is 57.1 Å². The van der Waals surface area contributed by atoms with E-state index in [4.69, 9.17) is 9.97 Å². The summed E-state index contributed by atoms with van der Waals surface area (Å²) in [6.07, 6.45) is 20.3. The number of aromatic nitrogens is 4. The zero-order valence-electron chi connectivity index (χ0n) is 40.6. The smallest absolute Gasteiger partial charge is 0.0771 e. The van der Waals surface area contributed by atoms with Crippen molar-refractivity contribution in [2.75, 3.05) is 0 Å². The molecule has 9 rings (SSSR count). The SMILES string of the molecule is CCC1=C(CC)c2nc1c(C1CCCCC1)c1nc(c(C3CCCCC3)c3[nH]c(c(CC)c3CC)c(-c3ccccc3)c3[nH]c(c(CC)c3CC)c2-c2ccccc2)C(CC)=C1CC. The third-order valence-electron chi connectivity index (χ3n) is 15.8. The van der Waals surface area contributed by atoms with Gasteiger partial charge in [0.05, 0.1) is 39.3 Å². The van der Waals surface area contributed by atoms with Gasteiger partial charge in [0.15, 0.2) is 0 Å². The molecule has 0 radical (unpaired) electrons. The molecule has 4 aliphatic rings. The molecule has 0 saturated heterocycles. The molecular weight excluding hydrogens is 777 g/mol. The van der Waals surface area contributed by atoms with Gasteiger partial charge in [-0.25, -0.2) is 9.97 Å². The van der Waals surface area contributed by atoms with Crippen LogP contribution in [0.15, 0.2) is 60.7 Å². The normalized spacial score (nSPS) is 16.4. The van der Waals surface area contributed by atoms with Gasteiger partial charge in [-0.3, -0.25) is 0 Å². The van der Waals surface area contributed by atoms with Crippen LogP contribution in [0.1, 0.15) is 213 Å². The maximum atomic E-state index is 6.19. The van der Waals surface area contributed by atoms with Gasteiger partial charge < -0.3 is 9.97 Å². The van der Waals surface area contributed by atoms with Crippen LogP contribution in [-0.2, 0) is 25.7 Å². The van der Waals surface area contributed by atoms with Gasteiger partial charge in [0.25, 0.3) is 0 Å². The Hall–Kier alpha value is -4.96. The summed E-state index contributed by atoms with van der Waals surface area (Å²) in [7, 11) is 0. The standard InChI is InChI=1S/C60H74N4/c1-9-41-42(10-2)54-50(38-31-23-18-24-32-38)56-45(13-5)46(14-6)58(63-56)52(40-35-27-20-28-36-40)60-48(16-8)47(15-7)59(64-60)51(39-33-25-19-26-34-39)57-44(12-4)43(11-3)55(62-57)49(53(41)61-54)37-29-21-17-22-30-37/h17-18,21-24,29-32,39-40,61-62H,9-16,19-20,25-28,33-36H2,1-8H3. The minimum atomic E-state index is 0.439. The van der Waals surface area contributed by atoms with Crippen LogP contribution in [0.25, 0.3) is 66.6 Å². The number of aromatic amines is 2. The number of H-pyrrole nitrogens is 2. The van der Waals surface area contributed by atoms with Gasteiger partial charge in [0.1, 0.15) is 0 Å². The van der Waals surface area contributed by atoms with E-state index >= 15 is 0 Å². The average Bonchev–Trinajstić information content (AvgIpc) is 4.10. The Bertz CT molecular complexity index is 2740. The van der Waals surface area contributed by atoms with Gasteiger partial charge in [-0.15, -0.1) is 0 Å². The first-order valence-electron chi connectivity index (χ1n) is 25.9. The molecule has 64 heavy (non-hydrogen) atoms. The first-order chi connectivity index (χ1) is 31.5. The lowest BCUT2D eigenvalue weighted by Gasteiger charge is -2.25. The maximum absolute atomic E-state index is 6.19. The summed E-state index contributed by atoms with van der Waals surface area (Å²) in [6.45, 7) is 19.0. The number of benzene rings is 2. The molecular formula is C60H74N4. The van der Waals surface area contributed by atoms with Gasteiger partial charge in [-0.2, -0.15) is 0 Å². The second-order valence-electron chi connectivity index (χ2n) is 19.0. The summed E-state index contributed by atoms with van der Waals surface area (Å²) in [5, 5.41) is 0. The molecule has 8 bridgehead atoms. The van der Waals surface area contributed by atoms with Crippen LogP contribution in [0.5, 0.6) is 0 Å². The molecule has 4 nitrogen and oxygen atoms in total. The van der Waals surface area contributed by atoms with Gasteiger partial charge >= 0.3 is 0 Å². The molecule has 2 N–H and O–H groups in total. The van der Waals surface area contributed by atoms with Crippen LogP contribution < -0.4 is 0 Å². The van der Waals surface area contributed by atoms with Gasteiger partial charge in [0.2, 0.25) is 0 Å². The van der Waals surface area contributed by atoms with E-state index in [0.29, 0.717) is 11.8 Å². The summed E-state index contributed by atoms with van der Waals surface area (Å²) in [4.78, 5) is 21.0. The predicted octanol–water partition coefficient (Wildman–Crippen LogP) is 17.5. The molecule has 0 spiro atoms. The summed E-state index contributed by atoms with van der Waals surface area (Å²) >= 11 is 0. The van der Waals surface area contributed by atoms with Crippen molar-refractivity contribution in [3.8, 4) is 22.3 Å². The molecule has 0 unspecified atom stereocenters. The quantitative estimate of drug-likeness (QED) is 0.131. The number of nitrogens with one attached hydrogen (secondary N) is 2. The molecule has 2 aliphatic carbocycles. The van der Waals surface area contributed by atoms with E-state index in [9.17, 15) is 0 Å². The number of nitrogens with zero attached hydrogens (tertiary/aromatic N) is 2. The van der Waals surface area contributed by atoms with Crippen LogP contribution >= 0.6 is 0 Å². The summed E-state index contributed by atoms with van der Waals surface area (Å²) in [5.41, 5.74) is 29.6. The fourth-order valence-corrected chi connectivity index (χ4v) is 12.9. The van der Waals surface area contributed by atoms with Crippen LogP contribution in [-0.4, -0.2) is 19.9 Å². The number of aryl methyl sites for hydroxylation is 4. The molecule has 0 atom stereocenters. The number of rotatable bonds is 12. The molecule has 2 aromatic carbocycles. The number of hydrogen-bond acceptors (Lipinski definition) is 2. The lowest BCUT2D eigenvalue weighted by molar-refractivity contribution is 0.441. The van der Waals surface area contributed by atoms with E-state index in [-0.39, 0.29) is 0 Å².